The molecule has 0 aromatic heterocycles. The lowest BCUT2D eigenvalue weighted by atomic mass is 10.1. The fourth-order valence-electron chi connectivity index (χ4n) is 3.41. The maximum Gasteiger partial charge on any atom is 0.259 e. The predicted molar refractivity (Wildman–Crippen MR) is 118 cm³/mol. The van der Waals surface area contributed by atoms with Gasteiger partial charge in [0.25, 0.3) is 11.8 Å². The van der Waals surface area contributed by atoms with Gasteiger partial charge in [0.15, 0.2) is 0 Å². The highest BCUT2D eigenvalue weighted by Gasteiger charge is 2.29. The Morgan fingerprint density at radius 2 is 1.73 bits per heavy atom. The quantitative estimate of drug-likeness (QED) is 0.650. The molecule has 2 atom stereocenters. The lowest BCUT2D eigenvalue weighted by Gasteiger charge is -2.19. The number of nitrogens with zero attached hydrogens (tertiary/aromatic N) is 1. The normalized spacial score (nSPS) is 16.3. The van der Waals surface area contributed by atoms with Crippen LogP contribution in [0.1, 0.15) is 39.2 Å². The van der Waals surface area contributed by atoms with Crippen molar-refractivity contribution in [3.63, 3.8) is 0 Å². The highest BCUT2D eigenvalue weighted by atomic mass is 35.5. The number of nitrogens with one attached hydrogen (secondary N) is 1. The Morgan fingerprint density at radius 1 is 1.03 bits per heavy atom. The number of benzene rings is 3. The highest BCUT2D eigenvalue weighted by Crippen LogP contribution is 2.34. The largest absolute Gasteiger partial charge is 0.346 e. The van der Waals surface area contributed by atoms with Gasteiger partial charge in [-0.05, 0) is 55.0 Å². The average molecular weight is 439 g/mol. The second-order valence-corrected chi connectivity index (χ2v) is 8.91. The molecular formula is C23H19ClN2O3S. The summed E-state index contributed by atoms with van der Waals surface area (Å²) in [4.78, 5) is 28.1. The number of halogens is 1. The van der Waals surface area contributed by atoms with Gasteiger partial charge in [-0.3, -0.25) is 9.59 Å². The van der Waals surface area contributed by atoms with Crippen molar-refractivity contribution in [1.82, 2.24) is 5.32 Å². The van der Waals surface area contributed by atoms with E-state index in [1.165, 1.54) is 4.90 Å². The number of hydrogen-bond donors (Lipinski definition) is 1. The lowest BCUT2D eigenvalue weighted by molar-refractivity contribution is 0.0937. The second kappa shape index (κ2) is 8.05. The molecular weight excluding hydrogens is 420 g/mol. The van der Waals surface area contributed by atoms with Crippen LogP contribution in [0.2, 0.25) is 5.02 Å². The summed E-state index contributed by atoms with van der Waals surface area (Å²) in [5, 5.41) is 3.58. The van der Waals surface area contributed by atoms with E-state index in [2.05, 4.69) is 5.32 Å². The molecule has 0 fully saturated rings. The molecule has 0 bridgehead atoms. The van der Waals surface area contributed by atoms with Gasteiger partial charge in [0, 0.05) is 17.6 Å². The van der Waals surface area contributed by atoms with E-state index in [9.17, 15) is 13.8 Å². The van der Waals surface area contributed by atoms with Gasteiger partial charge in [0.05, 0.1) is 37.9 Å². The number of hydrogen-bond acceptors (Lipinski definition) is 3. The number of carbonyl (C=O) groups excluding carboxylic acids is 2. The topological polar surface area (TPSA) is 66.5 Å². The minimum atomic E-state index is -1.52. The first-order valence-electron chi connectivity index (χ1n) is 9.36. The molecule has 4 rings (SSSR count). The van der Waals surface area contributed by atoms with Crippen molar-refractivity contribution >= 4 is 39.9 Å². The fraction of sp³-hybridized carbons (Fsp3) is 0.130. The molecule has 1 N–H and O–H groups in total. The Labute approximate surface area is 182 Å². The summed E-state index contributed by atoms with van der Waals surface area (Å²) in [6.07, 6.45) is 0. The van der Waals surface area contributed by atoms with E-state index in [0.717, 1.165) is 5.56 Å². The zero-order valence-corrected chi connectivity index (χ0v) is 18.0. The predicted octanol–water partition coefficient (Wildman–Crippen LogP) is 4.59. The van der Waals surface area contributed by atoms with Crippen molar-refractivity contribution in [1.29, 1.82) is 0 Å². The van der Waals surface area contributed by atoms with Crippen molar-refractivity contribution in [2.45, 2.75) is 22.8 Å². The molecule has 30 heavy (non-hydrogen) atoms. The molecule has 0 saturated carbocycles. The number of rotatable bonds is 3. The summed E-state index contributed by atoms with van der Waals surface area (Å²) in [5.41, 5.74) is 2.17. The molecule has 1 heterocycles. The Morgan fingerprint density at radius 3 is 2.47 bits per heavy atom. The van der Waals surface area contributed by atoms with Crippen LogP contribution in [0.4, 0.5) is 5.69 Å². The minimum Gasteiger partial charge on any atom is -0.346 e. The molecule has 1 aliphatic heterocycles. The summed E-state index contributed by atoms with van der Waals surface area (Å²) in [7, 11) is 0.104. The van der Waals surface area contributed by atoms with Crippen LogP contribution in [0.3, 0.4) is 0 Å². The molecule has 3 aromatic carbocycles. The Bertz CT molecular complexity index is 1180. The van der Waals surface area contributed by atoms with Crippen molar-refractivity contribution in [3.05, 3.63) is 88.4 Å². The van der Waals surface area contributed by atoms with Gasteiger partial charge >= 0.3 is 0 Å². The zero-order chi connectivity index (χ0) is 21.4. The molecule has 2 unspecified atom stereocenters. The number of anilines is 1. The molecule has 3 aromatic rings. The van der Waals surface area contributed by atoms with Gasteiger partial charge in [-0.25, -0.2) is 4.21 Å². The van der Waals surface area contributed by atoms with Crippen LogP contribution in [0.15, 0.2) is 76.5 Å². The third kappa shape index (κ3) is 3.64. The summed E-state index contributed by atoms with van der Waals surface area (Å²) in [6, 6.07) is 18.8. The van der Waals surface area contributed by atoms with Gasteiger partial charge < -0.3 is 10.2 Å². The molecule has 152 valence electrons. The highest BCUT2D eigenvalue weighted by molar-refractivity contribution is 7.85. The van der Waals surface area contributed by atoms with E-state index in [-0.39, 0.29) is 17.9 Å². The van der Waals surface area contributed by atoms with Crippen molar-refractivity contribution in [2.75, 3.05) is 11.9 Å². The molecule has 0 spiro atoms. The van der Waals surface area contributed by atoms with Gasteiger partial charge in [0.2, 0.25) is 0 Å². The van der Waals surface area contributed by atoms with Crippen LogP contribution in [0.25, 0.3) is 0 Å². The third-order valence-corrected chi connectivity index (χ3v) is 6.87. The van der Waals surface area contributed by atoms with E-state index in [0.29, 0.717) is 31.6 Å². The standard InChI is InChI=1S/C23H19ClN2O3S/c1-14(15-7-10-17(24)11-8-15)25-22(27)16-9-12-21-19(13-16)26(2)23(28)18-5-3-4-6-20(18)30(21)29/h3-14H,1-2H3,(H,25,27). The molecule has 5 nitrogen and oxygen atoms in total. The molecule has 2 amide bonds. The maximum atomic E-state index is 13.1. The van der Waals surface area contributed by atoms with Gasteiger partial charge in [-0.15, -0.1) is 0 Å². The van der Waals surface area contributed by atoms with Gasteiger partial charge in [-0.2, -0.15) is 0 Å². The maximum absolute atomic E-state index is 13.1. The van der Waals surface area contributed by atoms with Crippen LogP contribution in [-0.2, 0) is 10.8 Å². The smallest absolute Gasteiger partial charge is 0.259 e. The van der Waals surface area contributed by atoms with E-state index in [1.807, 2.05) is 19.1 Å². The zero-order valence-electron chi connectivity index (χ0n) is 16.4. The SMILES string of the molecule is CC(NC(=O)c1ccc2c(c1)N(C)C(=O)c1ccccc1S2=O)c1ccc(Cl)cc1. The van der Waals surface area contributed by atoms with Crippen LogP contribution in [-0.4, -0.2) is 23.1 Å². The first-order valence-corrected chi connectivity index (χ1v) is 10.9. The van der Waals surface area contributed by atoms with Crippen molar-refractivity contribution < 1.29 is 13.8 Å². The molecule has 0 radical (unpaired) electrons. The fourth-order valence-corrected chi connectivity index (χ4v) is 4.90. The van der Waals surface area contributed by atoms with Gasteiger partial charge in [-0.1, -0.05) is 35.9 Å². The molecule has 7 heteroatoms. The summed E-state index contributed by atoms with van der Waals surface area (Å²) in [6.45, 7) is 1.88. The first kappa shape index (κ1) is 20.3. The Hall–Kier alpha value is -2.96. The average Bonchev–Trinajstić information content (AvgIpc) is 2.84. The van der Waals surface area contributed by atoms with Crippen molar-refractivity contribution in [3.8, 4) is 0 Å². The van der Waals surface area contributed by atoms with Crippen LogP contribution < -0.4 is 10.2 Å². The van der Waals surface area contributed by atoms with Crippen molar-refractivity contribution in [2.24, 2.45) is 0 Å². The van der Waals surface area contributed by atoms with Crippen LogP contribution >= 0.6 is 11.6 Å². The number of fused-ring (bicyclic) bond motifs is 2. The molecule has 0 saturated heterocycles. The Balaban J connectivity index is 1.65. The van der Waals surface area contributed by atoms with E-state index >= 15 is 0 Å². The molecule has 1 aliphatic rings. The lowest BCUT2D eigenvalue weighted by Crippen LogP contribution is -2.28. The van der Waals surface area contributed by atoms with Crippen LogP contribution in [0.5, 0.6) is 0 Å². The second-order valence-electron chi connectivity index (χ2n) is 7.06. The minimum absolute atomic E-state index is 0.230. The molecule has 0 aliphatic carbocycles. The van der Waals surface area contributed by atoms with E-state index in [1.54, 1.807) is 61.6 Å². The van der Waals surface area contributed by atoms with Crippen LogP contribution in [0, 0.1) is 0 Å². The third-order valence-electron chi connectivity index (χ3n) is 5.12. The van der Waals surface area contributed by atoms with Gasteiger partial charge in [0.1, 0.15) is 0 Å². The number of amides is 2. The number of carbonyl (C=O) groups is 2. The summed E-state index contributed by atoms with van der Waals surface area (Å²) in [5.74, 6) is -0.543. The summed E-state index contributed by atoms with van der Waals surface area (Å²) < 4.78 is 13.1. The van der Waals surface area contributed by atoms with E-state index < -0.39 is 10.8 Å². The van der Waals surface area contributed by atoms with E-state index in [4.69, 9.17) is 11.6 Å². The first-order chi connectivity index (χ1) is 14.4. The monoisotopic (exact) mass is 438 g/mol. The summed E-state index contributed by atoms with van der Waals surface area (Å²) >= 11 is 5.93. The Kier molecular flexibility index (Phi) is 5.45.